The number of rotatable bonds is 5. The zero-order valence-electron chi connectivity index (χ0n) is 12.7. The van der Waals surface area contributed by atoms with Crippen LogP contribution in [0.15, 0.2) is 36.4 Å². The number of aryl methyl sites for hydroxylation is 2. The molecule has 0 saturated carbocycles. The lowest BCUT2D eigenvalue weighted by Gasteiger charge is -2.22. The van der Waals surface area contributed by atoms with Gasteiger partial charge in [-0.3, -0.25) is 0 Å². The fourth-order valence-electron chi connectivity index (χ4n) is 2.68. The number of hydrogen-bond acceptors (Lipinski definition) is 1. The Morgan fingerprint density at radius 3 is 2.48 bits per heavy atom. The van der Waals surface area contributed by atoms with Crippen LogP contribution in [0.5, 0.6) is 0 Å². The topological polar surface area (TPSA) is 12.0 Å². The van der Waals surface area contributed by atoms with Crippen molar-refractivity contribution >= 4 is 11.6 Å². The van der Waals surface area contributed by atoms with Crippen molar-refractivity contribution in [2.24, 2.45) is 0 Å². The largest absolute Gasteiger partial charge is 0.309 e. The minimum absolute atomic E-state index is 0.102. The van der Waals surface area contributed by atoms with Gasteiger partial charge in [-0.25, -0.2) is 4.39 Å². The normalized spacial score (nSPS) is 12.4. The fourth-order valence-corrected chi connectivity index (χ4v) is 2.91. The average molecular weight is 306 g/mol. The van der Waals surface area contributed by atoms with Gasteiger partial charge in [-0.15, -0.1) is 0 Å². The third-order valence-corrected chi connectivity index (χ3v) is 4.29. The van der Waals surface area contributed by atoms with Gasteiger partial charge >= 0.3 is 0 Å². The quantitative estimate of drug-likeness (QED) is 0.827. The number of nitrogens with one attached hydrogen (secondary N) is 1. The predicted molar refractivity (Wildman–Crippen MR) is 87.5 cm³/mol. The van der Waals surface area contributed by atoms with Crippen molar-refractivity contribution in [3.05, 3.63) is 69.5 Å². The Balaban J connectivity index is 2.57. The Kier molecular flexibility index (Phi) is 5.38. The van der Waals surface area contributed by atoms with E-state index in [0.29, 0.717) is 0 Å². The van der Waals surface area contributed by atoms with E-state index < -0.39 is 0 Å². The van der Waals surface area contributed by atoms with E-state index >= 15 is 0 Å². The Morgan fingerprint density at radius 2 is 1.86 bits per heavy atom. The Hall–Kier alpha value is -1.38. The van der Waals surface area contributed by atoms with Gasteiger partial charge < -0.3 is 5.32 Å². The highest BCUT2D eigenvalue weighted by atomic mass is 35.5. The lowest BCUT2D eigenvalue weighted by molar-refractivity contribution is 0.616. The highest BCUT2D eigenvalue weighted by Crippen LogP contribution is 2.32. The zero-order chi connectivity index (χ0) is 15.4. The third-order valence-electron chi connectivity index (χ3n) is 3.89. The van der Waals surface area contributed by atoms with Crippen LogP contribution in [0.3, 0.4) is 0 Å². The van der Waals surface area contributed by atoms with E-state index in [1.54, 1.807) is 6.07 Å². The van der Waals surface area contributed by atoms with Crippen molar-refractivity contribution < 1.29 is 4.39 Å². The van der Waals surface area contributed by atoms with Gasteiger partial charge in [0.25, 0.3) is 0 Å². The fraction of sp³-hybridized carbons (Fsp3) is 0.333. The molecule has 2 aromatic rings. The molecule has 2 aromatic carbocycles. The number of hydrogen-bond donors (Lipinski definition) is 1. The lowest BCUT2D eigenvalue weighted by Crippen LogP contribution is -2.20. The van der Waals surface area contributed by atoms with Crippen molar-refractivity contribution in [2.45, 2.75) is 32.7 Å². The Bertz CT molecular complexity index is 625. The van der Waals surface area contributed by atoms with E-state index in [0.717, 1.165) is 18.4 Å². The molecular formula is C18H21ClFN. The number of halogens is 2. The molecule has 0 fully saturated rings. The molecule has 0 aromatic heterocycles. The van der Waals surface area contributed by atoms with Gasteiger partial charge in [0, 0.05) is 0 Å². The molecule has 112 valence electrons. The molecular weight excluding hydrogens is 285 g/mol. The minimum atomic E-state index is -0.376. The van der Waals surface area contributed by atoms with E-state index in [1.807, 2.05) is 13.1 Å². The van der Waals surface area contributed by atoms with Crippen LogP contribution >= 0.6 is 11.6 Å². The van der Waals surface area contributed by atoms with Gasteiger partial charge in [0.15, 0.2) is 0 Å². The lowest BCUT2D eigenvalue weighted by atomic mass is 9.91. The SMILES string of the molecule is CCc1ccc(CC)c(C(NC)c2cccc(F)c2Cl)c1. The highest BCUT2D eigenvalue weighted by molar-refractivity contribution is 6.31. The standard InChI is InChI=1S/C18H21ClFN/c1-4-12-9-10-13(5-2)15(11-12)18(21-3)14-7-6-8-16(20)17(14)19/h6-11,18,21H,4-5H2,1-3H3. The van der Waals surface area contributed by atoms with E-state index in [2.05, 4.69) is 37.4 Å². The van der Waals surface area contributed by atoms with E-state index in [4.69, 9.17) is 11.6 Å². The van der Waals surface area contributed by atoms with Gasteiger partial charge in [-0.2, -0.15) is 0 Å². The van der Waals surface area contributed by atoms with Crippen molar-refractivity contribution in [1.82, 2.24) is 5.32 Å². The van der Waals surface area contributed by atoms with Gasteiger partial charge in [-0.05, 0) is 48.2 Å². The molecule has 21 heavy (non-hydrogen) atoms. The second-order valence-electron chi connectivity index (χ2n) is 5.11. The van der Waals surface area contributed by atoms with E-state index in [9.17, 15) is 4.39 Å². The second kappa shape index (κ2) is 7.06. The van der Waals surface area contributed by atoms with Crippen LogP contribution in [0.25, 0.3) is 0 Å². The molecule has 0 heterocycles. The van der Waals surface area contributed by atoms with E-state index in [1.165, 1.54) is 22.8 Å². The van der Waals surface area contributed by atoms with Crippen LogP contribution in [-0.4, -0.2) is 7.05 Å². The summed E-state index contributed by atoms with van der Waals surface area (Å²) < 4.78 is 13.8. The second-order valence-corrected chi connectivity index (χ2v) is 5.48. The molecule has 0 aliphatic carbocycles. The maximum Gasteiger partial charge on any atom is 0.142 e. The summed E-state index contributed by atoms with van der Waals surface area (Å²) in [4.78, 5) is 0. The Morgan fingerprint density at radius 1 is 1.10 bits per heavy atom. The molecule has 0 bridgehead atoms. The molecule has 0 radical (unpaired) electrons. The van der Waals surface area contributed by atoms with Crippen molar-refractivity contribution in [3.63, 3.8) is 0 Å². The Labute approximate surface area is 131 Å². The minimum Gasteiger partial charge on any atom is -0.309 e. The monoisotopic (exact) mass is 305 g/mol. The van der Waals surface area contributed by atoms with Crippen molar-refractivity contribution in [2.75, 3.05) is 7.05 Å². The van der Waals surface area contributed by atoms with E-state index in [-0.39, 0.29) is 16.9 Å². The molecule has 1 unspecified atom stereocenters. The third kappa shape index (κ3) is 3.28. The molecule has 1 atom stereocenters. The smallest absolute Gasteiger partial charge is 0.142 e. The maximum atomic E-state index is 13.8. The van der Waals surface area contributed by atoms with Crippen molar-refractivity contribution in [3.8, 4) is 0 Å². The van der Waals surface area contributed by atoms with Gasteiger partial charge in [-0.1, -0.05) is 55.8 Å². The maximum absolute atomic E-state index is 13.8. The summed E-state index contributed by atoms with van der Waals surface area (Å²) in [6.45, 7) is 4.26. The van der Waals surface area contributed by atoms with Gasteiger partial charge in [0.1, 0.15) is 5.82 Å². The molecule has 3 heteroatoms. The van der Waals surface area contributed by atoms with Crippen LogP contribution in [-0.2, 0) is 12.8 Å². The van der Waals surface area contributed by atoms with Gasteiger partial charge in [0.2, 0.25) is 0 Å². The zero-order valence-corrected chi connectivity index (χ0v) is 13.5. The first-order valence-corrected chi connectivity index (χ1v) is 7.73. The summed E-state index contributed by atoms with van der Waals surface area (Å²) in [6.07, 6.45) is 1.91. The molecule has 0 aliphatic heterocycles. The first-order chi connectivity index (χ1) is 10.1. The van der Waals surface area contributed by atoms with Crippen LogP contribution in [0, 0.1) is 5.82 Å². The summed E-state index contributed by atoms with van der Waals surface area (Å²) in [5.74, 6) is -0.376. The summed E-state index contributed by atoms with van der Waals surface area (Å²) >= 11 is 6.17. The van der Waals surface area contributed by atoms with Crippen LogP contribution < -0.4 is 5.32 Å². The summed E-state index contributed by atoms with van der Waals surface area (Å²) in [6, 6.07) is 11.4. The van der Waals surface area contributed by atoms with Crippen LogP contribution in [0.1, 0.15) is 42.1 Å². The highest BCUT2D eigenvalue weighted by Gasteiger charge is 2.19. The molecule has 0 spiro atoms. The first kappa shape index (κ1) is 16.0. The number of benzene rings is 2. The van der Waals surface area contributed by atoms with Crippen LogP contribution in [0.2, 0.25) is 5.02 Å². The molecule has 1 nitrogen and oxygen atoms in total. The first-order valence-electron chi connectivity index (χ1n) is 7.35. The molecule has 1 N–H and O–H groups in total. The van der Waals surface area contributed by atoms with Gasteiger partial charge in [0.05, 0.1) is 11.1 Å². The summed E-state index contributed by atoms with van der Waals surface area (Å²) in [5.41, 5.74) is 4.48. The van der Waals surface area contributed by atoms with Crippen molar-refractivity contribution in [1.29, 1.82) is 0 Å². The molecule has 2 rings (SSSR count). The molecule has 0 amide bonds. The summed E-state index contributed by atoms with van der Waals surface area (Å²) in [7, 11) is 1.88. The summed E-state index contributed by atoms with van der Waals surface area (Å²) in [5, 5.41) is 3.47. The predicted octanol–water partition coefficient (Wildman–Crippen LogP) is 4.91. The van der Waals surface area contributed by atoms with Crippen LogP contribution in [0.4, 0.5) is 4.39 Å². The average Bonchev–Trinajstić information content (AvgIpc) is 2.52. The molecule has 0 aliphatic rings. The molecule has 0 saturated heterocycles.